The molecule has 28 heavy (non-hydrogen) atoms. The van der Waals surface area contributed by atoms with Gasteiger partial charge in [0.2, 0.25) is 0 Å². The monoisotopic (exact) mass is 391 g/mol. The van der Waals surface area contributed by atoms with Gasteiger partial charge < -0.3 is 14.6 Å². The van der Waals surface area contributed by atoms with E-state index in [-0.39, 0.29) is 18.4 Å². The summed E-state index contributed by atoms with van der Waals surface area (Å²) in [6.45, 7) is 5.51. The van der Waals surface area contributed by atoms with E-state index in [9.17, 15) is 13.9 Å². The van der Waals surface area contributed by atoms with Crippen LogP contribution < -0.4 is 9.47 Å². The van der Waals surface area contributed by atoms with E-state index in [0.717, 1.165) is 5.75 Å². The Balaban J connectivity index is 1.62. The molecule has 2 aromatic carbocycles. The highest BCUT2D eigenvalue weighted by atomic mass is 19.1. The Labute approximate surface area is 164 Å². The van der Waals surface area contributed by atoms with Crippen LogP contribution in [0.3, 0.4) is 0 Å². The fourth-order valence-corrected chi connectivity index (χ4v) is 3.50. The van der Waals surface area contributed by atoms with Gasteiger partial charge in [-0.1, -0.05) is 32.0 Å². The molecule has 0 bridgehead atoms. The molecule has 0 aliphatic carbocycles. The van der Waals surface area contributed by atoms with Crippen LogP contribution in [0.25, 0.3) is 0 Å². The Kier molecular flexibility index (Phi) is 6.52. The predicted molar refractivity (Wildman–Crippen MR) is 104 cm³/mol. The topological polar surface area (TPSA) is 41.9 Å². The molecule has 0 aromatic heterocycles. The van der Waals surface area contributed by atoms with Crippen molar-refractivity contribution in [2.45, 2.75) is 44.9 Å². The van der Waals surface area contributed by atoms with Crippen molar-refractivity contribution >= 4 is 0 Å². The molecule has 2 aromatic rings. The standard InChI is InChI=1S/C22H27F2NO3/c1-14(2)15-5-4-6-17(11-15)28-20-9-10-25(13-19(20)26)12-16-7-8-18(23)22(27-3)21(16)24/h4-8,11,14,19-20,26H,9-10,12-13H2,1-3H3/t19-,20-/m1/s1. The molecule has 3 rings (SSSR count). The second-order valence-electron chi connectivity index (χ2n) is 7.53. The summed E-state index contributed by atoms with van der Waals surface area (Å²) in [6, 6.07) is 10.5. The van der Waals surface area contributed by atoms with E-state index in [1.807, 2.05) is 23.1 Å². The summed E-state index contributed by atoms with van der Waals surface area (Å²) >= 11 is 0. The Morgan fingerprint density at radius 1 is 1.21 bits per heavy atom. The molecule has 2 atom stereocenters. The van der Waals surface area contributed by atoms with E-state index >= 15 is 0 Å². The van der Waals surface area contributed by atoms with Crippen LogP contribution in [-0.4, -0.2) is 42.4 Å². The molecule has 1 N–H and O–H groups in total. The molecule has 1 saturated heterocycles. The van der Waals surface area contributed by atoms with Gasteiger partial charge in [0.05, 0.1) is 7.11 Å². The molecule has 1 fully saturated rings. The smallest absolute Gasteiger partial charge is 0.190 e. The van der Waals surface area contributed by atoms with Crippen LogP contribution in [-0.2, 0) is 6.54 Å². The average Bonchev–Trinajstić information content (AvgIpc) is 2.67. The van der Waals surface area contributed by atoms with Gasteiger partial charge in [-0.2, -0.15) is 0 Å². The van der Waals surface area contributed by atoms with Crippen molar-refractivity contribution < 1.29 is 23.4 Å². The number of likely N-dealkylation sites (tertiary alicyclic amines) is 1. The van der Waals surface area contributed by atoms with Crippen LogP contribution in [0.5, 0.6) is 11.5 Å². The number of ether oxygens (including phenoxy) is 2. The zero-order valence-electron chi connectivity index (χ0n) is 16.5. The summed E-state index contributed by atoms with van der Waals surface area (Å²) in [5.41, 5.74) is 1.53. The van der Waals surface area contributed by atoms with Crippen molar-refractivity contribution in [2.24, 2.45) is 0 Å². The Hall–Kier alpha value is -2.18. The fourth-order valence-electron chi connectivity index (χ4n) is 3.50. The van der Waals surface area contributed by atoms with Crippen molar-refractivity contribution in [1.82, 2.24) is 4.90 Å². The SMILES string of the molecule is COc1c(F)ccc(CN2CC[C@@H](Oc3cccc(C(C)C)c3)[C@H](O)C2)c1F. The van der Waals surface area contributed by atoms with E-state index in [0.29, 0.717) is 31.0 Å². The number of piperidine rings is 1. The number of hydrogen-bond acceptors (Lipinski definition) is 4. The van der Waals surface area contributed by atoms with Gasteiger partial charge in [0.1, 0.15) is 18.0 Å². The van der Waals surface area contributed by atoms with Gasteiger partial charge in [0.15, 0.2) is 17.4 Å². The Bertz CT molecular complexity index is 812. The summed E-state index contributed by atoms with van der Waals surface area (Å²) in [5, 5.41) is 10.5. The van der Waals surface area contributed by atoms with E-state index < -0.39 is 17.7 Å². The number of rotatable bonds is 6. The van der Waals surface area contributed by atoms with Gasteiger partial charge in [-0.05, 0) is 36.1 Å². The van der Waals surface area contributed by atoms with Gasteiger partial charge in [-0.25, -0.2) is 8.78 Å². The minimum Gasteiger partial charge on any atom is -0.491 e. The summed E-state index contributed by atoms with van der Waals surface area (Å²) in [6.07, 6.45) is -0.388. The normalized spacial score (nSPS) is 20.4. The number of β-amino-alcohol motifs (C(OH)–C–C–N with tert-alkyl or cyclic N) is 1. The van der Waals surface area contributed by atoms with E-state index in [1.54, 1.807) is 0 Å². The molecule has 152 valence electrons. The summed E-state index contributed by atoms with van der Waals surface area (Å²) < 4.78 is 38.8. The van der Waals surface area contributed by atoms with Crippen molar-refractivity contribution in [3.8, 4) is 11.5 Å². The van der Waals surface area contributed by atoms with Crippen LogP contribution in [0, 0.1) is 11.6 Å². The van der Waals surface area contributed by atoms with Gasteiger partial charge >= 0.3 is 0 Å². The quantitative estimate of drug-likeness (QED) is 0.805. The molecule has 1 aliphatic heterocycles. The number of aliphatic hydroxyl groups excluding tert-OH is 1. The van der Waals surface area contributed by atoms with Crippen molar-refractivity contribution in [3.63, 3.8) is 0 Å². The molecule has 1 aliphatic rings. The molecule has 6 heteroatoms. The summed E-state index contributed by atoms with van der Waals surface area (Å²) in [5.74, 6) is -0.641. The zero-order chi connectivity index (χ0) is 20.3. The third-order valence-corrected chi connectivity index (χ3v) is 5.14. The highest BCUT2D eigenvalue weighted by Crippen LogP contribution is 2.27. The molecular weight excluding hydrogens is 364 g/mol. The van der Waals surface area contributed by atoms with Gasteiger partial charge in [0, 0.05) is 25.2 Å². The van der Waals surface area contributed by atoms with Crippen LogP contribution in [0.1, 0.15) is 37.3 Å². The highest BCUT2D eigenvalue weighted by molar-refractivity contribution is 5.33. The predicted octanol–water partition coefficient (Wildman–Crippen LogP) is 4.11. The minimum absolute atomic E-state index is 0.273. The first-order valence-corrected chi connectivity index (χ1v) is 9.57. The number of nitrogens with zero attached hydrogens (tertiary/aromatic N) is 1. The maximum absolute atomic E-state index is 14.4. The first-order valence-electron chi connectivity index (χ1n) is 9.57. The maximum Gasteiger partial charge on any atom is 0.190 e. The number of halogens is 2. The number of aliphatic hydroxyl groups is 1. The van der Waals surface area contributed by atoms with Gasteiger partial charge in [-0.15, -0.1) is 0 Å². The molecule has 4 nitrogen and oxygen atoms in total. The molecule has 0 spiro atoms. The lowest BCUT2D eigenvalue weighted by molar-refractivity contribution is -0.0277. The molecule has 0 radical (unpaired) electrons. The second kappa shape index (κ2) is 8.88. The minimum atomic E-state index is -0.723. The number of hydrogen-bond donors (Lipinski definition) is 1. The van der Waals surface area contributed by atoms with Crippen molar-refractivity contribution in [2.75, 3.05) is 20.2 Å². The lowest BCUT2D eigenvalue weighted by Crippen LogP contribution is -2.48. The lowest BCUT2D eigenvalue weighted by atomic mass is 10.0. The molecule has 1 heterocycles. The van der Waals surface area contributed by atoms with Gasteiger partial charge in [0.25, 0.3) is 0 Å². The third kappa shape index (κ3) is 4.62. The summed E-state index contributed by atoms with van der Waals surface area (Å²) in [4.78, 5) is 1.94. The number of methoxy groups -OCH3 is 1. The third-order valence-electron chi connectivity index (χ3n) is 5.14. The second-order valence-corrected chi connectivity index (χ2v) is 7.53. The highest BCUT2D eigenvalue weighted by Gasteiger charge is 2.30. The largest absolute Gasteiger partial charge is 0.491 e. The molecule has 0 amide bonds. The number of benzene rings is 2. The lowest BCUT2D eigenvalue weighted by Gasteiger charge is -2.36. The molecule has 0 saturated carbocycles. The van der Waals surface area contributed by atoms with E-state index in [2.05, 4.69) is 19.9 Å². The fraction of sp³-hybridized carbons (Fsp3) is 0.455. The van der Waals surface area contributed by atoms with Crippen molar-refractivity contribution in [1.29, 1.82) is 0 Å². The van der Waals surface area contributed by atoms with Crippen LogP contribution in [0.2, 0.25) is 0 Å². The average molecular weight is 391 g/mol. The maximum atomic E-state index is 14.4. The van der Waals surface area contributed by atoms with Crippen LogP contribution in [0.4, 0.5) is 8.78 Å². The first kappa shape index (κ1) is 20.6. The molecule has 0 unspecified atom stereocenters. The zero-order valence-corrected chi connectivity index (χ0v) is 16.5. The van der Waals surface area contributed by atoms with E-state index in [4.69, 9.17) is 9.47 Å². The van der Waals surface area contributed by atoms with Crippen molar-refractivity contribution in [3.05, 3.63) is 59.2 Å². The Morgan fingerprint density at radius 3 is 2.68 bits per heavy atom. The van der Waals surface area contributed by atoms with Crippen LogP contribution in [0.15, 0.2) is 36.4 Å². The summed E-state index contributed by atoms with van der Waals surface area (Å²) in [7, 11) is 1.24. The van der Waals surface area contributed by atoms with E-state index in [1.165, 1.54) is 24.8 Å². The molecular formula is C22H27F2NO3. The first-order chi connectivity index (χ1) is 13.4. The van der Waals surface area contributed by atoms with Crippen LogP contribution >= 0.6 is 0 Å². The van der Waals surface area contributed by atoms with Gasteiger partial charge in [-0.3, -0.25) is 4.90 Å². The Morgan fingerprint density at radius 2 is 2.00 bits per heavy atom.